The van der Waals surface area contributed by atoms with Gasteiger partial charge in [-0.05, 0) is 54.7 Å². The molecule has 0 radical (unpaired) electrons. The van der Waals surface area contributed by atoms with Crippen molar-refractivity contribution < 1.29 is 14.1 Å². The summed E-state index contributed by atoms with van der Waals surface area (Å²) in [6, 6.07) is 20.4. The van der Waals surface area contributed by atoms with Crippen molar-refractivity contribution in [2.45, 2.75) is 12.1 Å². The summed E-state index contributed by atoms with van der Waals surface area (Å²) in [5.41, 5.74) is 2.14. The highest BCUT2D eigenvalue weighted by Crippen LogP contribution is 2.44. The Morgan fingerprint density at radius 1 is 1.14 bits per heavy atom. The normalized spacial score (nSPS) is 17.3. The number of nitro groups is 1. The number of hydrogen-bond donors (Lipinski definition) is 1. The third-order valence-corrected chi connectivity index (χ3v) is 6.38. The number of halogens is 1. The highest BCUT2D eigenvalue weighted by atomic mass is 35.5. The molecule has 2 aromatic carbocycles. The molecule has 1 fully saturated rings. The summed E-state index contributed by atoms with van der Waals surface area (Å²) in [5, 5.41) is 15.5. The number of nitro benzene ring substituents is 1. The van der Waals surface area contributed by atoms with E-state index in [-0.39, 0.29) is 11.7 Å². The van der Waals surface area contributed by atoms with Crippen molar-refractivity contribution in [1.29, 1.82) is 0 Å². The van der Waals surface area contributed by atoms with Crippen LogP contribution in [0.15, 0.2) is 83.4 Å². The lowest BCUT2D eigenvalue weighted by molar-refractivity contribution is -0.384. The fourth-order valence-corrected chi connectivity index (χ4v) is 4.76. The van der Waals surface area contributed by atoms with Crippen LogP contribution in [0, 0.1) is 10.1 Å². The van der Waals surface area contributed by atoms with Crippen molar-refractivity contribution in [3.63, 3.8) is 0 Å². The van der Waals surface area contributed by atoms with Crippen LogP contribution < -0.4 is 15.0 Å². The summed E-state index contributed by atoms with van der Waals surface area (Å²) in [5.74, 6) is 1.67. The third-order valence-electron chi connectivity index (χ3n) is 5.77. The van der Waals surface area contributed by atoms with Crippen LogP contribution >= 0.6 is 23.8 Å². The minimum atomic E-state index is -0.432. The van der Waals surface area contributed by atoms with E-state index in [2.05, 4.69) is 10.3 Å². The lowest BCUT2D eigenvalue weighted by Crippen LogP contribution is -2.29. The molecule has 1 aliphatic rings. The van der Waals surface area contributed by atoms with Gasteiger partial charge in [-0.3, -0.25) is 15.1 Å². The molecule has 5 rings (SSSR count). The molecule has 2 aromatic heterocycles. The molecule has 1 saturated heterocycles. The standard InChI is InChI=1S/C25H19ClN4O4S/c1-33-21-9-8-16(14-18(21)26)29-24(23(28-25(29)35)19-7-2-3-12-27-19)22-11-10-20(34-22)15-5-4-6-17(13-15)30(31)32/h2-14,23-24H,1H3,(H,28,35)/t23-,24-/m0/s1. The van der Waals surface area contributed by atoms with Gasteiger partial charge in [-0.15, -0.1) is 0 Å². The van der Waals surface area contributed by atoms with Crippen LogP contribution in [-0.2, 0) is 0 Å². The fraction of sp³-hybridized carbons (Fsp3) is 0.120. The van der Waals surface area contributed by atoms with Crippen LogP contribution in [0.25, 0.3) is 11.3 Å². The van der Waals surface area contributed by atoms with Crippen LogP contribution in [0.4, 0.5) is 11.4 Å². The Bertz CT molecular complexity index is 1410. The minimum Gasteiger partial charge on any atom is -0.495 e. The number of pyridine rings is 1. The number of benzene rings is 2. The average molecular weight is 507 g/mol. The first-order chi connectivity index (χ1) is 17.0. The summed E-state index contributed by atoms with van der Waals surface area (Å²) < 4.78 is 11.6. The maximum Gasteiger partial charge on any atom is 0.270 e. The maximum atomic E-state index is 11.2. The van der Waals surface area contributed by atoms with E-state index in [0.717, 1.165) is 11.4 Å². The van der Waals surface area contributed by atoms with Gasteiger partial charge in [-0.1, -0.05) is 29.8 Å². The van der Waals surface area contributed by atoms with Crippen LogP contribution in [0.5, 0.6) is 5.75 Å². The van der Waals surface area contributed by atoms with Crippen LogP contribution in [-0.4, -0.2) is 22.1 Å². The molecular formula is C25H19ClN4O4S. The van der Waals surface area contributed by atoms with Crippen molar-refractivity contribution in [2.75, 3.05) is 12.0 Å². The van der Waals surface area contributed by atoms with E-state index in [4.69, 9.17) is 33.0 Å². The van der Waals surface area contributed by atoms with E-state index in [1.165, 1.54) is 12.1 Å². The van der Waals surface area contributed by atoms with Crippen molar-refractivity contribution in [3.05, 3.63) is 106 Å². The Labute approximate surface area is 211 Å². The molecule has 4 aromatic rings. The lowest BCUT2D eigenvalue weighted by atomic mass is 10.0. The van der Waals surface area contributed by atoms with Crippen molar-refractivity contribution in [3.8, 4) is 17.1 Å². The lowest BCUT2D eigenvalue weighted by Gasteiger charge is -2.26. The second kappa shape index (κ2) is 9.36. The van der Waals surface area contributed by atoms with Crippen LogP contribution in [0.2, 0.25) is 5.02 Å². The second-order valence-electron chi connectivity index (χ2n) is 7.82. The monoisotopic (exact) mass is 506 g/mol. The van der Waals surface area contributed by atoms with E-state index in [1.54, 1.807) is 43.6 Å². The second-order valence-corrected chi connectivity index (χ2v) is 8.62. The van der Waals surface area contributed by atoms with Crippen LogP contribution in [0.3, 0.4) is 0 Å². The van der Waals surface area contributed by atoms with E-state index in [0.29, 0.717) is 33.0 Å². The quantitative estimate of drug-likeness (QED) is 0.191. The smallest absolute Gasteiger partial charge is 0.270 e. The number of thiocarbonyl (C=S) groups is 1. The first-order valence-corrected chi connectivity index (χ1v) is 11.4. The van der Waals surface area contributed by atoms with E-state index in [1.807, 2.05) is 35.2 Å². The van der Waals surface area contributed by atoms with Gasteiger partial charge in [0.1, 0.15) is 23.3 Å². The largest absolute Gasteiger partial charge is 0.495 e. The number of aromatic nitrogens is 1. The van der Waals surface area contributed by atoms with Crippen molar-refractivity contribution in [1.82, 2.24) is 10.3 Å². The average Bonchev–Trinajstić information content (AvgIpc) is 3.49. The number of nitrogens with zero attached hydrogens (tertiary/aromatic N) is 3. The number of non-ortho nitro benzene ring substituents is 1. The number of ether oxygens (including phenoxy) is 1. The number of rotatable bonds is 6. The molecule has 0 saturated carbocycles. The molecular weight excluding hydrogens is 488 g/mol. The van der Waals surface area contributed by atoms with Gasteiger partial charge in [0.2, 0.25) is 0 Å². The molecule has 35 heavy (non-hydrogen) atoms. The molecule has 2 atom stereocenters. The van der Waals surface area contributed by atoms with Gasteiger partial charge in [-0.25, -0.2) is 0 Å². The molecule has 1 aliphatic heterocycles. The van der Waals surface area contributed by atoms with Gasteiger partial charge < -0.3 is 19.4 Å². The molecule has 0 amide bonds. The highest BCUT2D eigenvalue weighted by Gasteiger charge is 2.42. The Morgan fingerprint density at radius 2 is 2.00 bits per heavy atom. The minimum absolute atomic E-state index is 0.00924. The molecule has 8 nitrogen and oxygen atoms in total. The fourth-order valence-electron chi connectivity index (χ4n) is 4.17. The van der Waals surface area contributed by atoms with Gasteiger partial charge in [-0.2, -0.15) is 0 Å². The number of anilines is 1. The molecule has 0 unspecified atom stereocenters. The van der Waals surface area contributed by atoms with Gasteiger partial charge in [0.15, 0.2) is 5.11 Å². The molecule has 176 valence electrons. The molecule has 0 bridgehead atoms. The van der Waals surface area contributed by atoms with Crippen molar-refractivity contribution in [2.24, 2.45) is 0 Å². The molecule has 1 N–H and O–H groups in total. The van der Waals surface area contributed by atoms with E-state index >= 15 is 0 Å². The maximum absolute atomic E-state index is 11.2. The zero-order chi connectivity index (χ0) is 24.5. The molecule has 0 spiro atoms. The predicted octanol–water partition coefficient (Wildman–Crippen LogP) is 6.09. The number of furan rings is 1. The Hall–Kier alpha value is -3.95. The van der Waals surface area contributed by atoms with Gasteiger partial charge >= 0.3 is 0 Å². The molecule has 3 heterocycles. The summed E-state index contributed by atoms with van der Waals surface area (Å²) >= 11 is 12.1. The van der Waals surface area contributed by atoms with E-state index < -0.39 is 11.0 Å². The number of methoxy groups -OCH3 is 1. The zero-order valence-corrected chi connectivity index (χ0v) is 20.0. The summed E-state index contributed by atoms with van der Waals surface area (Å²) in [6.07, 6.45) is 1.72. The third kappa shape index (κ3) is 4.31. The number of nitrogens with one attached hydrogen (secondary N) is 1. The predicted molar refractivity (Wildman–Crippen MR) is 137 cm³/mol. The molecule has 0 aliphatic carbocycles. The highest BCUT2D eigenvalue weighted by molar-refractivity contribution is 7.80. The van der Waals surface area contributed by atoms with Gasteiger partial charge in [0, 0.05) is 29.6 Å². The zero-order valence-electron chi connectivity index (χ0n) is 18.4. The van der Waals surface area contributed by atoms with Gasteiger partial charge in [0.25, 0.3) is 5.69 Å². The summed E-state index contributed by atoms with van der Waals surface area (Å²) in [6.45, 7) is 0. The first-order valence-electron chi connectivity index (χ1n) is 10.6. The van der Waals surface area contributed by atoms with E-state index in [9.17, 15) is 10.1 Å². The Morgan fingerprint density at radius 3 is 2.71 bits per heavy atom. The number of hydrogen-bond acceptors (Lipinski definition) is 6. The molecule has 10 heteroatoms. The topological polar surface area (TPSA) is 93.7 Å². The van der Waals surface area contributed by atoms with Crippen LogP contribution in [0.1, 0.15) is 23.5 Å². The first kappa shape index (κ1) is 22.8. The Kier molecular flexibility index (Phi) is 6.10. The SMILES string of the molecule is COc1ccc(N2C(=S)N[C@@H](c3ccccn3)[C@@H]2c2ccc(-c3cccc([N+](=O)[O-])c3)o2)cc1Cl. The summed E-state index contributed by atoms with van der Waals surface area (Å²) in [7, 11) is 1.56. The summed E-state index contributed by atoms with van der Waals surface area (Å²) in [4.78, 5) is 17.3. The van der Waals surface area contributed by atoms with Crippen molar-refractivity contribution >= 4 is 40.3 Å². The van der Waals surface area contributed by atoms with Gasteiger partial charge in [0.05, 0.1) is 28.8 Å². The Balaban J connectivity index is 1.59.